The van der Waals surface area contributed by atoms with E-state index in [0.717, 1.165) is 41.1 Å². The van der Waals surface area contributed by atoms with Gasteiger partial charge < -0.3 is 9.64 Å². The molecule has 2 atom stereocenters. The quantitative estimate of drug-likeness (QED) is 0.836. The van der Waals surface area contributed by atoms with Crippen molar-refractivity contribution in [1.29, 1.82) is 0 Å². The normalized spacial score (nSPS) is 20.6. The van der Waals surface area contributed by atoms with Crippen molar-refractivity contribution in [2.24, 2.45) is 11.0 Å². The number of carbonyl (C=O) groups excluding carboxylic acids is 1. The average Bonchev–Trinajstić information content (AvgIpc) is 3.07. The standard InChI is InChI=1S/C22H25N3O2/c1-14(26)25-22(15-5-8-17(9-6-15)24(2)3)20-11-7-16-13-18(27-4)10-12-19(16)21(20)23-25/h5-6,8-10,12-13,20,22H,7,11H2,1-4H3/t20-,22-/m1/s1. The number of methoxy groups -OCH3 is 1. The Kier molecular flexibility index (Phi) is 4.38. The molecule has 0 spiro atoms. The van der Waals surface area contributed by atoms with Crippen LogP contribution in [-0.2, 0) is 11.2 Å². The van der Waals surface area contributed by atoms with Gasteiger partial charge in [0.1, 0.15) is 5.75 Å². The molecule has 0 bridgehead atoms. The summed E-state index contributed by atoms with van der Waals surface area (Å²) in [7, 11) is 5.74. The monoisotopic (exact) mass is 363 g/mol. The van der Waals surface area contributed by atoms with Crippen LogP contribution in [0.1, 0.15) is 36.1 Å². The van der Waals surface area contributed by atoms with E-state index in [9.17, 15) is 4.79 Å². The SMILES string of the molecule is COc1ccc2c(c1)CC[C@@H]1C2=NN(C(C)=O)[C@@H]1c1ccc(N(C)C)cc1. The minimum absolute atomic E-state index is 0.0198. The molecule has 1 aliphatic heterocycles. The molecule has 4 rings (SSSR count). The Labute approximate surface area is 160 Å². The van der Waals surface area contributed by atoms with Crippen LogP contribution in [0, 0.1) is 5.92 Å². The van der Waals surface area contributed by atoms with Gasteiger partial charge in [-0.15, -0.1) is 0 Å². The van der Waals surface area contributed by atoms with Gasteiger partial charge in [-0.2, -0.15) is 5.10 Å². The molecule has 1 amide bonds. The molecular formula is C22H25N3O2. The van der Waals surface area contributed by atoms with Crippen molar-refractivity contribution in [3.05, 3.63) is 59.2 Å². The summed E-state index contributed by atoms with van der Waals surface area (Å²) < 4.78 is 5.36. The lowest BCUT2D eigenvalue weighted by atomic mass is 9.77. The van der Waals surface area contributed by atoms with E-state index in [1.807, 2.05) is 20.2 Å². The molecule has 2 aromatic rings. The number of carbonyl (C=O) groups is 1. The molecule has 1 aliphatic carbocycles. The van der Waals surface area contributed by atoms with Gasteiger partial charge in [0.05, 0.1) is 18.9 Å². The highest BCUT2D eigenvalue weighted by Crippen LogP contribution is 2.44. The first kappa shape index (κ1) is 17.6. The lowest BCUT2D eigenvalue weighted by molar-refractivity contribution is -0.131. The smallest absolute Gasteiger partial charge is 0.240 e. The molecule has 0 saturated carbocycles. The summed E-state index contributed by atoms with van der Waals surface area (Å²) in [5, 5.41) is 6.44. The van der Waals surface area contributed by atoms with Crippen LogP contribution in [0.5, 0.6) is 5.75 Å². The summed E-state index contributed by atoms with van der Waals surface area (Å²) in [4.78, 5) is 14.4. The Hall–Kier alpha value is -2.82. The van der Waals surface area contributed by atoms with Gasteiger partial charge >= 0.3 is 0 Å². The van der Waals surface area contributed by atoms with E-state index in [1.165, 1.54) is 5.56 Å². The highest BCUT2D eigenvalue weighted by molar-refractivity contribution is 6.06. The number of aryl methyl sites for hydroxylation is 1. The van der Waals surface area contributed by atoms with E-state index in [0.29, 0.717) is 0 Å². The predicted molar refractivity (Wildman–Crippen MR) is 107 cm³/mol. The van der Waals surface area contributed by atoms with E-state index in [1.54, 1.807) is 19.0 Å². The van der Waals surface area contributed by atoms with Crippen molar-refractivity contribution in [2.75, 3.05) is 26.1 Å². The summed E-state index contributed by atoms with van der Waals surface area (Å²) in [6.45, 7) is 1.59. The average molecular weight is 363 g/mol. The molecule has 5 nitrogen and oxygen atoms in total. The molecule has 2 aromatic carbocycles. The van der Waals surface area contributed by atoms with Gasteiger partial charge in [0.2, 0.25) is 5.91 Å². The summed E-state index contributed by atoms with van der Waals surface area (Å²) in [6, 6.07) is 14.6. The number of amides is 1. The fraction of sp³-hybridized carbons (Fsp3) is 0.364. The maximum Gasteiger partial charge on any atom is 0.240 e. The van der Waals surface area contributed by atoms with Crippen LogP contribution in [0.15, 0.2) is 47.6 Å². The molecule has 0 fully saturated rings. The van der Waals surface area contributed by atoms with Crippen LogP contribution < -0.4 is 9.64 Å². The second-order valence-electron chi connectivity index (χ2n) is 7.45. The van der Waals surface area contributed by atoms with E-state index in [-0.39, 0.29) is 17.9 Å². The van der Waals surface area contributed by atoms with Crippen LogP contribution in [0.3, 0.4) is 0 Å². The number of anilines is 1. The van der Waals surface area contributed by atoms with E-state index in [2.05, 4.69) is 41.3 Å². The zero-order chi connectivity index (χ0) is 19.1. The molecule has 2 aliphatic rings. The third-order valence-corrected chi connectivity index (χ3v) is 5.60. The lowest BCUT2D eigenvalue weighted by Gasteiger charge is -2.29. The van der Waals surface area contributed by atoms with Gasteiger partial charge in [0.15, 0.2) is 0 Å². The first-order valence-corrected chi connectivity index (χ1v) is 9.32. The molecule has 0 unspecified atom stereocenters. The maximum atomic E-state index is 12.4. The summed E-state index contributed by atoms with van der Waals surface area (Å²) in [5.74, 6) is 1.07. The van der Waals surface area contributed by atoms with E-state index >= 15 is 0 Å². The predicted octanol–water partition coefficient (Wildman–Crippen LogP) is 3.63. The van der Waals surface area contributed by atoms with Crippen molar-refractivity contribution in [1.82, 2.24) is 5.01 Å². The van der Waals surface area contributed by atoms with Gasteiger partial charge in [-0.1, -0.05) is 12.1 Å². The van der Waals surface area contributed by atoms with Crippen molar-refractivity contribution >= 4 is 17.3 Å². The summed E-state index contributed by atoms with van der Waals surface area (Å²) in [5.41, 5.74) is 5.70. The second kappa shape index (κ2) is 6.72. The lowest BCUT2D eigenvalue weighted by Crippen LogP contribution is -2.31. The third-order valence-electron chi connectivity index (χ3n) is 5.60. The Morgan fingerprint density at radius 3 is 2.56 bits per heavy atom. The van der Waals surface area contributed by atoms with Crippen LogP contribution in [-0.4, -0.2) is 37.8 Å². The molecule has 0 saturated heterocycles. The molecule has 27 heavy (non-hydrogen) atoms. The summed E-state index contributed by atoms with van der Waals surface area (Å²) in [6.07, 6.45) is 1.94. The number of ether oxygens (including phenoxy) is 1. The topological polar surface area (TPSA) is 45.1 Å². The van der Waals surface area contributed by atoms with Crippen LogP contribution in [0.4, 0.5) is 5.69 Å². The molecule has 140 valence electrons. The Morgan fingerprint density at radius 1 is 1.19 bits per heavy atom. The fourth-order valence-electron chi connectivity index (χ4n) is 4.19. The van der Waals surface area contributed by atoms with Gasteiger partial charge in [0.25, 0.3) is 0 Å². The Bertz CT molecular complexity index is 902. The van der Waals surface area contributed by atoms with Crippen LogP contribution in [0.2, 0.25) is 0 Å². The zero-order valence-electron chi connectivity index (χ0n) is 16.3. The van der Waals surface area contributed by atoms with Gasteiger partial charge in [-0.25, -0.2) is 5.01 Å². The number of fused-ring (bicyclic) bond motifs is 3. The molecule has 0 aromatic heterocycles. The van der Waals surface area contributed by atoms with E-state index < -0.39 is 0 Å². The van der Waals surface area contributed by atoms with Crippen molar-refractivity contribution in [3.8, 4) is 5.75 Å². The highest BCUT2D eigenvalue weighted by atomic mass is 16.5. The Balaban J connectivity index is 1.73. The fourth-order valence-corrected chi connectivity index (χ4v) is 4.19. The first-order chi connectivity index (χ1) is 13.0. The second-order valence-corrected chi connectivity index (χ2v) is 7.45. The van der Waals surface area contributed by atoms with Gasteiger partial charge in [0, 0.05) is 38.2 Å². The largest absolute Gasteiger partial charge is 0.497 e. The molecular weight excluding hydrogens is 338 g/mol. The van der Waals surface area contributed by atoms with Crippen LogP contribution >= 0.6 is 0 Å². The van der Waals surface area contributed by atoms with Crippen molar-refractivity contribution in [3.63, 3.8) is 0 Å². The molecule has 5 heteroatoms. The number of rotatable bonds is 3. The molecule has 0 N–H and O–H groups in total. The minimum Gasteiger partial charge on any atom is -0.497 e. The number of hydrazone groups is 1. The van der Waals surface area contributed by atoms with Crippen molar-refractivity contribution < 1.29 is 9.53 Å². The minimum atomic E-state index is -0.0380. The Morgan fingerprint density at radius 2 is 1.93 bits per heavy atom. The summed E-state index contributed by atoms with van der Waals surface area (Å²) >= 11 is 0. The first-order valence-electron chi connectivity index (χ1n) is 9.32. The maximum absolute atomic E-state index is 12.4. The number of hydrogen-bond donors (Lipinski definition) is 0. The van der Waals surface area contributed by atoms with E-state index in [4.69, 9.17) is 9.84 Å². The zero-order valence-corrected chi connectivity index (χ0v) is 16.3. The highest BCUT2D eigenvalue weighted by Gasteiger charge is 2.43. The number of nitrogens with zero attached hydrogens (tertiary/aromatic N) is 3. The third kappa shape index (κ3) is 2.97. The number of benzene rings is 2. The van der Waals surface area contributed by atoms with Crippen LogP contribution in [0.25, 0.3) is 0 Å². The number of hydrogen-bond acceptors (Lipinski definition) is 4. The van der Waals surface area contributed by atoms with Gasteiger partial charge in [-0.3, -0.25) is 4.79 Å². The molecule has 1 heterocycles. The molecule has 0 radical (unpaired) electrons. The van der Waals surface area contributed by atoms with Crippen molar-refractivity contribution in [2.45, 2.75) is 25.8 Å². The van der Waals surface area contributed by atoms with Gasteiger partial charge in [-0.05, 0) is 54.3 Å².